The van der Waals surface area contributed by atoms with Crippen LogP contribution in [0.1, 0.15) is 99.6 Å². The number of alkyl halides is 6. The quantitative estimate of drug-likeness (QED) is 0.0371. The fourth-order valence-corrected chi connectivity index (χ4v) is 14.7. The molecule has 464 valence electrons. The summed E-state index contributed by atoms with van der Waals surface area (Å²) in [7, 11) is 3.32. The number of aliphatic hydroxyl groups is 2. The lowest BCUT2D eigenvalue weighted by Gasteiger charge is -2.52. The zero-order chi connectivity index (χ0) is 60.8. The molecule has 0 radical (unpaired) electrons. The molecule has 0 unspecified atom stereocenters. The summed E-state index contributed by atoms with van der Waals surface area (Å²) in [5, 5.41) is 44.9. The Labute approximate surface area is 493 Å². The Kier molecular flexibility index (Phi) is 22.9. The lowest BCUT2D eigenvalue weighted by Crippen LogP contribution is -2.65. The standard InChI is InChI=1S/2C28H38NO5S.2C2HF3O2/c2*1-32-23-9-11-24(12-10-23)33-18-5-15-29-16-13-21(14-17-29)25(20-29)34-27(30)28(31,22-6-2-3-7-22)26-8-4-19-35-26;2*3-2(4,5)1(6)7/h2*4,8-12,19,21-22,25,31H,2-3,5-7,13-18,20H2,1H3;2*(H,6,7)/q2*+1;;/p-2/t2*21?,25-,28+,29?;;/m00../s1. The number of nitrogens with zero attached hydrogens (tertiary/aromatic N) is 2. The largest absolute Gasteiger partial charge is 0.542 e. The minimum atomic E-state index is -5.19. The molecule has 12 rings (SSSR count). The SMILES string of the molecule is COc1ccc(OCCC[N+]23CCC(CC2)[C@@H](OC(=O)[C@](O)(c2cccs2)C2CCCC2)C3)cc1.COc1ccc(OCCC[N+]23CCC(CC2)[C@@H](OC(=O)[C@](O)(c2cccs2)C2CCCC2)C3)cc1.O=C([O-])C(F)(F)F.O=C([O-])C(F)(F)F. The van der Waals surface area contributed by atoms with Crippen molar-refractivity contribution in [2.75, 3.05) is 79.8 Å². The number of hydrogen-bond acceptors (Lipinski definition) is 16. The van der Waals surface area contributed by atoms with Gasteiger partial charge in [0.05, 0.1) is 66.7 Å². The van der Waals surface area contributed by atoms with Gasteiger partial charge in [-0.1, -0.05) is 37.8 Å². The Morgan fingerprint density at radius 3 is 1.11 bits per heavy atom. The zero-order valence-corrected chi connectivity index (χ0v) is 48.9. The second-order valence-electron chi connectivity index (χ2n) is 22.7. The average molecular weight is 1230 g/mol. The van der Waals surface area contributed by atoms with Gasteiger partial charge in [-0.05, 0) is 97.1 Å². The van der Waals surface area contributed by atoms with E-state index in [2.05, 4.69) is 0 Å². The highest BCUT2D eigenvalue weighted by atomic mass is 32.1. The number of rotatable bonds is 20. The lowest BCUT2D eigenvalue weighted by atomic mass is 9.82. The number of carboxylic acids is 2. The second-order valence-corrected chi connectivity index (χ2v) is 24.6. The Hall–Kier alpha value is -5.66. The number of piperidine rings is 6. The first kappa shape index (κ1) is 65.9. The number of fused-ring (bicyclic) bond motifs is 6. The minimum Gasteiger partial charge on any atom is -0.542 e. The number of quaternary nitrogens is 2. The fraction of sp³-hybridized carbons (Fsp3) is 0.600. The molecule has 2 aromatic carbocycles. The Morgan fingerprint density at radius 1 is 0.524 bits per heavy atom. The van der Waals surface area contributed by atoms with Crippen LogP contribution in [0.2, 0.25) is 0 Å². The predicted molar refractivity (Wildman–Crippen MR) is 293 cm³/mol. The zero-order valence-electron chi connectivity index (χ0n) is 47.3. The molecule has 24 heteroatoms. The third-order valence-electron chi connectivity index (χ3n) is 17.6. The molecule has 6 aliphatic heterocycles. The van der Waals surface area contributed by atoms with Crippen LogP contribution in [-0.4, -0.2) is 147 Å². The molecule has 2 N–H and O–H groups in total. The molecule has 6 saturated heterocycles. The number of carboxylic acid groups (broad SMARTS) is 2. The van der Waals surface area contributed by atoms with Crippen LogP contribution in [0.4, 0.5) is 26.3 Å². The van der Waals surface area contributed by atoms with Gasteiger partial charge in [-0.15, -0.1) is 22.7 Å². The van der Waals surface area contributed by atoms with Crippen LogP contribution in [0.5, 0.6) is 23.0 Å². The Balaban J connectivity index is 0.000000197. The van der Waals surface area contributed by atoms with E-state index in [1.165, 1.54) is 22.7 Å². The van der Waals surface area contributed by atoms with Gasteiger partial charge in [0.2, 0.25) is 0 Å². The van der Waals surface area contributed by atoms with Gasteiger partial charge in [-0.25, -0.2) is 9.59 Å². The first-order chi connectivity index (χ1) is 39.9. The van der Waals surface area contributed by atoms with Crippen molar-refractivity contribution >= 4 is 46.6 Å². The number of methoxy groups -OCH3 is 2. The summed E-state index contributed by atoms with van der Waals surface area (Å²) < 4.78 is 99.8. The van der Waals surface area contributed by atoms with E-state index >= 15 is 0 Å². The monoisotopic (exact) mass is 1230 g/mol. The van der Waals surface area contributed by atoms with Crippen molar-refractivity contribution in [1.29, 1.82) is 0 Å². The molecular formula is C60H76F6N2O14S2. The van der Waals surface area contributed by atoms with E-state index in [9.17, 15) is 46.1 Å². The molecular weight excluding hydrogens is 1150 g/mol. The molecule has 84 heavy (non-hydrogen) atoms. The van der Waals surface area contributed by atoms with Crippen molar-refractivity contribution in [3.8, 4) is 23.0 Å². The topological polar surface area (TPSA) is 210 Å². The molecule has 2 saturated carbocycles. The number of carbonyl (C=O) groups excluding carboxylic acids is 4. The number of esters is 2. The van der Waals surface area contributed by atoms with Crippen LogP contribution in [0.25, 0.3) is 0 Å². The molecule has 0 spiro atoms. The predicted octanol–water partition coefficient (Wildman–Crippen LogP) is 8.11. The van der Waals surface area contributed by atoms with E-state index in [4.69, 9.17) is 48.2 Å². The van der Waals surface area contributed by atoms with E-state index in [1.807, 2.05) is 83.6 Å². The van der Waals surface area contributed by atoms with Crippen molar-refractivity contribution in [3.63, 3.8) is 0 Å². The van der Waals surface area contributed by atoms with Gasteiger partial charge in [-0.3, -0.25) is 0 Å². The van der Waals surface area contributed by atoms with Gasteiger partial charge in [0, 0.05) is 72.0 Å². The third-order valence-corrected chi connectivity index (χ3v) is 19.6. The fourth-order valence-electron chi connectivity index (χ4n) is 12.9. The number of aliphatic carboxylic acids is 2. The van der Waals surface area contributed by atoms with E-state index in [-0.39, 0.29) is 24.0 Å². The summed E-state index contributed by atoms with van der Waals surface area (Å²) in [4.78, 5) is 46.2. The van der Waals surface area contributed by atoms with Gasteiger partial charge in [0.1, 0.15) is 48.0 Å². The number of thiophene rings is 2. The van der Waals surface area contributed by atoms with Crippen molar-refractivity contribution in [3.05, 3.63) is 93.3 Å². The van der Waals surface area contributed by atoms with Crippen LogP contribution in [-0.2, 0) is 39.9 Å². The average Bonchev–Trinajstić information content (AvgIpc) is 2.61. The summed E-state index contributed by atoms with van der Waals surface area (Å²) in [6, 6.07) is 23.0. The van der Waals surface area contributed by atoms with E-state index < -0.39 is 47.4 Å². The molecule has 0 amide bonds. The molecule has 8 heterocycles. The van der Waals surface area contributed by atoms with Crippen LogP contribution < -0.4 is 29.2 Å². The summed E-state index contributed by atoms with van der Waals surface area (Å²) >= 11 is 2.92. The highest BCUT2D eigenvalue weighted by Gasteiger charge is 2.55. The van der Waals surface area contributed by atoms with Gasteiger partial charge < -0.3 is 67.4 Å². The highest BCUT2D eigenvalue weighted by Crippen LogP contribution is 2.47. The highest BCUT2D eigenvalue weighted by molar-refractivity contribution is 7.10. The van der Waals surface area contributed by atoms with Crippen molar-refractivity contribution in [1.82, 2.24) is 0 Å². The van der Waals surface area contributed by atoms with Gasteiger partial charge in [0.15, 0.2) is 23.4 Å². The Morgan fingerprint density at radius 2 is 0.833 bits per heavy atom. The van der Waals surface area contributed by atoms with E-state index in [1.54, 1.807) is 14.2 Å². The summed E-state index contributed by atoms with van der Waals surface area (Å²) in [6.45, 7) is 9.63. The maximum Gasteiger partial charge on any atom is 0.430 e. The van der Waals surface area contributed by atoms with Crippen LogP contribution in [0.3, 0.4) is 0 Å². The maximum atomic E-state index is 13.6. The smallest absolute Gasteiger partial charge is 0.430 e. The summed E-state index contributed by atoms with van der Waals surface area (Å²) in [6.07, 6.45) is 3.42. The number of ether oxygens (including phenoxy) is 6. The first-order valence-corrected chi connectivity index (χ1v) is 30.4. The van der Waals surface area contributed by atoms with Crippen LogP contribution in [0, 0.1) is 23.7 Å². The third kappa shape index (κ3) is 16.9. The normalized spacial score (nSPS) is 25.2. The van der Waals surface area contributed by atoms with Crippen molar-refractivity contribution < 1.29 is 103 Å². The number of carbonyl (C=O) groups is 4. The van der Waals surface area contributed by atoms with Crippen LogP contribution >= 0.6 is 22.7 Å². The van der Waals surface area contributed by atoms with E-state index in [0.717, 1.165) is 184 Å². The number of benzene rings is 2. The molecule has 8 aliphatic rings. The number of halogens is 6. The van der Waals surface area contributed by atoms with Crippen molar-refractivity contribution in [2.24, 2.45) is 23.7 Å². The first-order valence-electron chi connectivity index (χ1n) is 28.7. The molecule has 16 nitrogen and oxygen atoms in total. The molecule has 2 aliphatic carbocycles. The summed E-state index contributed by atoms with van der Waals surface area (Å²) in [5.74, 6) is -2.78. The van der Waals surface area contributed by atoms with Crippen LogP contribution in [0.15, 0.2) is 83.6 Å². The Bertz CT molecular complexity index is 2500. The lowest BCUT2D eigenvalue weighted by molar-refractivity contribution is -0.946. The number of hydrogen-bond donors (Lipinski definition) is 2. The van der Waals surface area contributed by atoms with Crippen molar-refractivity contribution in [2.45, 2.75) is 126 Å². The molecule has 2 aromatic heterocycles. The molecule has 4 atom stereocenters. The maximum absolute atomic E-state index is 13.6. The summed E-state index contributed by atoms with van der Waals surface area (Å²) in [5.41, 5.74) is -3.01. The second kappa shape index (κ2) is 29.2. The molecule has 4 aromatic rings. The van der Waals surface area contributed by atoms with Gasteiger partial charge in [0.25, 0.3) is 0 Å². The van der Waals surface area contributed by atoms with Gasteiger partial charge >= 0.3 is 24.3 Å². The van der Waals surface area contributed by atoms with Gasteiger partial charge in [-0.2, -0.15) is 26.3 Å². The minimum absolute atomic E-state index is 0.0482. The van der Waals surface area contributed by atoms with E-state index in [0.29, 0.717) is 25.0 Å². The molecule has 4 bridgehead atoms. The molecule has 8 fully saturated rings.